The summed E-state index contributed by atoms with van der Waals surface area (Å²) in [7, 11) is 0. The van der Waals surface area contributed by atoms with E-state index in [-0.39, 0.29) is 36.4 Å². The first kappa shape index (κ1) is 24.8. The number of hydrogen-bond donors (Lipinski definition) is 1. The Kier molecular flexibility index (Phi) is 8.13. The van der Waals surface area contributed by atoms with Crippen molar-refractivity contribution in [3.8, 4) is 11.5 Å². The number of hydrogen-bond acceptors (Lipinski definition) is 6. The Morgan fingerprint density at radius 2 is 1.85 bits per heavy atom. The average Bonchev–Trinajstić information content (AvgIpc) is 3.07. The quantitative estimate of drug-likeness (QED) is 0.460. The van der Waals surface area contributed by atoms with Crippen molar-refractivity contribution in [1.29, 1.82) is 0 Å². The lowest BCUT2D eigenvalue weighted by atomic mass is 9.95. The molecule has 2 heterocycles. The van der Waals surface area contributed by atoms with Gasteiger partial charge >= 0.3 is 0 Å². The predicted octanol–water partition coefficient (Wildman–Crippen LogP) is 4.78. The van der Waals surface area contributed by atoms with Crippen LogP contribution in [0.5, 0.6) is 11.5 Å². The molecule has 0 bridgehead atoms. The molecule has 7 nitrogen and oxygen atoms in total. The number of thiophene rings is 1. The number of aromatic nitrogens is 2. The Balaban J connectivity index is 1.74. The molecule has 1 N–H and O–H groups in total. The molecule has 1 amide bonds. The topological polar surface area (TPSA) is 82.5 Å². The highest BCUT2D eigenvalue weighted by molar-refractivity contribution is 7.18. The number of rotatable bonds is 10. The minimum atomic E-state index is -0.188. The Morgan fingerprint density at radius 3 is 2.52 bits per heavy atom. The number of ether oxygens (including phenoxy) is 2. The number of carbonyl (C=O) groups excluding carboxylic acids is 1. The maximum atomic E-state index is 12.9. The average molecular weight is 472 g/mol. The van der Waals surface area contributed by atoms with Crippen LogP contribution < -0.4 is 20.3 Å². The van der Waals surface area contributed by atoms with Gasteiger partial charge in [0, 0.05) is 17.8 Å². The summed E-state index contributed by atoms with van der Waals surface area (Å²) in [6, 6.07) is 5.59. The van der Waals surface area contributed by atoms with Crippen LogP contribution in [0.2, 0.25) is 0 Å². The molecule has 1 aromatic carbocycles. The van der Waals surface area contributed by atoms with E-state index in [4.69, 9.17) is 9.47 Å². The van der Waals surface area contributed by atoms with E-state index in [1.54, 1.807) is 0 Å². The third kappa shape index (κ3) is 5.55. The normalized spacial score (nSPS) is 12.2. The number of nitrogens with zero attached hydrogens (tertiary/aromatic N) is 2. The monoisotopic (exact) mass is 471 g/mol. The number of nitrogens with one attached hydrogen (secondary N) is 1. The molecule has 1 unspecified atom stereocenters. The second-order valence-corrected chi connectivity index (χ2v) is 9.52. The zero-order valence-corrected chi connectivity index (χ0v) is 21.0. The van der Waals surface area contributed by atoms with Crippen molar-refractivity contribution < 1.29 is 14.3 Å². The van der Waals surface area contributed by atoms with Crippen LogP contribution in [-0.2, 0) is 11.3 Å². The number of fused-ring (bicyclic) bond motifs is 1. The fourth-order valence-corrected chi connectivity index (χ4v) is 4.78. The summed E-state index contributed by atoms with van der Waals surface area (Å²) in [4.78, 5) is 32.0. The highest BCUT2D eigenvalue weighted by Crippen LogP contribution is 2.33. The third-order valence-electron chi connectivity index (χ3n) is 5.65. The van der Waals surface area contributed by atoms with Crippen molar-refractivity contribution in [3.63, 3.8) is 0 Å². The van der Waals surface area contributed by atoms with Crippen LogP contribution in [0, 0.1) is 19.8 Å². The van der Waals surface area contributed by atoms with Gasteiger partial charge in [-0.3, -0.25) is 14.2 Å². The maximum absolute atomic E-state index is 12.9. The van der Waals surface area contributed by atoms with Gasteiger partial charge in [0.15, 0.2) is 11.5 Å². The summed E-state index contributed by atoms with van der Waals surface area (Å²) in [6.07, 6.45) is 1.72. The minimum Gasteiger partial charge on any atom is -0.490 e. The Bertz CT molecular complexity index is 1180. The molecule has 178 valence electrons. The van der Waals surface area contributed by atoms with Crippen molar-refractivity contribution in [1.82, 2.24) is 14.9 Å². The van der Waals surface area contributed by atoms with Gasteiger partial charge in [-0.05, 0) is 56.9 Å². The number of benzene rings is 1. The molecule has 0 radical (unpaired) electrons. The van der Waals surface area contributed by atoms with Crippen LogP contribution in [0.4, 0.5) is 0 Å². The largest absolute Gasteiger partial charge is 0.490 e. The molecule has 2 aromatic heterocycles. The zero-order valence-electron chi connectivity index (χ0n) is 20.2. The van der Waals surface area contributed by atoms with Crippen LogP contribution in [0.15, 0.2) is 29.3 Å². The zero-order chi connectivity index (χ0) is 24.1. The molecular weight excluding hydrogens is 438 g/mol. The molecule has 0 aliphatic carbocycles. The summed E-state index contributed by atoms with van der Waals surface area (Å²) in [6.45, 7) is 13.3. The molecule has 1 atom stereocenters. The van der Waals surface area contributed by atoms with E-state index in [1.165, 1.54) is 22.2 Å². The molecule has 33 heavy (non-hydrogen) atoms. The van der Waals surface area contributed by atoms with Crippen molar-refractivity contribution in [2.45, 2.75) is 60.5 Å². The summed E-state index contributed by atoms with van der Waals surface area (Å²) in [5.41, 5.74) is 1.82. The number of carbonyl (C=O) groups is 1. The molecule has 0 fully saturated rings. The van der Waals surface area contributed by atoms with Crippen molar-refractivity contribution in [2.75, 3.05) is 13.2 Å². The van der Waals surface area contributed by atoms with Crippen LogP contribution in [0.1, 0.15) is 56.2 Å². The number of amides is 1. The van der Waals surface area contributed by atoms with Crippen molar-refractivity contribution in [3.05, 3.63) is 50.9 Å². The van der Waals surface area contributed by atoms with Gasteiger partial charge in [-0.1, -0.05) is 19.9 Å². The highest BCUT2D eigenvalue weighted by atomic mass is 32.1. The fraction of sp³-hybridized carbons (Fsp3) is 0.480. The second-order valence-electron chi connectivity index (χ2n) is 8.32. The summed E-state index contributed by atoms with van der Waals surface area (Å²) in [5, 5.41) is 3.78. The lowest BCUT2D eigenvalue weighted by molar-refractivity contribution is -0.122. The van der Waals surface area contributed by atoms with E-state index in [0.29, 0.717) is 30.1 Å². The third-order valence-corrected chi connectivity index (χ3v) is 6.76. The van der Waals surface area contributed by atoms with E-state index in [0.717, 1.165) is 20.8 Å². The summed E-state index contributed by atoms with van der Waals surface area (Å²) >= 11 is 1.52. The van der Waals surface area contributed by atoms with E-state index >= 15 is 0 Å². The Labute approximate surface area is 198 Å². The van der Waals surface area contributed by atoms with Crippen molar-refractivity contribution in [2.24, 2.45) is 5.92 Å². The molecule has 0 saturated carbocycles. The van der Waals surface area contributed by atoms with Crippen LogP contribution in [0.25, 0.3) is 10.2 Å². The first-order chi connectivity index (χ1) is 15.8. The van der Waals surface area contributed by atoms with E-state index < -0.39 is 0 Å². The molecule has 0 aliphatic rings. The van der Waals surface area contributed by atoms with Gasteiger partial charge in [0.05, 0.1) is 31.0 Å². The molecular formula is C25H33N3O4S. The Hall–Kier alpha value is -2.87. The standard InChI is InChI=1S/C25H33N3O4S/c1-7-31-19-10-9-18(13-20(19)32-8-2)23(15(3)4)27-21(29)11-12-28-14-26-24-22(25(28)30)16(5)17(6)33-24/h9-10,13-15,23H,7-8,11-12H2,1-6H3,(H,27,29). The fourth-order valence-electron chi connectivity index (χ4n) is 3.79. The van der Waals surface area contributed by atoms with Gasteiger partial charge in [0.25, 0.3) is 5.56 Å². The van der Waals surface area contributed by atoms with Crippen molar-refractivity contribution >= 4 is 27.5 Å². The molecule has 3 rings (SSSR count). The Morgan fingerprint density at radius 1 is 1.15 bits per heavy atom. The molecule has 8 heteroatoms. The predicted molar refractivity (Wildman–Crippen MR) is 132 cm³/mol. The summed E-state index contributed by atoms with van der Waals surface area (Å²) < 4.78 is 12.9. The van der Waals surface area contributed by atoms with Crippen LogP contribution >= 0.6 is 11.3 Å². The summed E-state index contributed by atoms with van der Waals surface area (Å²) in [5.74, 6) is 1.41. The van der Waals surface area contributed by atoms with Gasteiger partial charge in [0.2, 0.25) is 5.91 Å². The molecule has 0 spiro atoms. The SMILES string of the molecule is CCOc1ccc(C(NC(=O)CCn2cnc3sc(C)c(C)c3c2=O)C(C)C)cc1OCC. The maximum Gasteiger partial charge on any atom is 0.262 e. The van der Waals surface area contributed by atoms with Gasteiger partial charge in [-0.25, -0.2) is 4.98 Å². The molecule has 0 saturated heterocycles. The second kappa shape index (κ2) is 10.8. The lowest BCUT2D eigenvalue weighted by Gasteiger charge is -2.24. The van der Waals surface area contributed by atoms with E-state index in [1.807, 2.05) is 45.9 Å². The molecule has 3 aromatic rings. The number of aryl methyl sites for hydroxylation is 3. The van der Waals surface area contributed by atoms with Crippen LogP contribution in [-0.4, -0.2) is 28.7 Å². The van der Waals surface area contributed by atoms with E-state index in [9.17, 15) is 9.59 Å². The van der Waals surface area contributed by atoms with Gasteiger partial charge in [-0.2, -0.15) is 0 Å². The first-order valence-corrected chi connectivity index (χ1v) is 12.2. The van der Waals surface area contributed by atoms with E-state index in [2.05, 4.69) is 24.1 Å². The highest BCUT2D eigenvalue weighted by Gasteiger charge is 2.21. The van der Waals surface area contributed by atoms with Gasteiger partial charge in [-0.15, -0.1) is 11.3 Å². The van der Waals surface area contributed by atoms with Gasteiger partial charge < -0.3 is 14.8 Å². The molecule has 0 aliphatic heterocycles. The van der Waals surface area contributed by atoms with Crippen LogP contribution in [0.3, 0.4) is 0 Å². The van der Waals surface area contributed by atoms with Gasteiger partial charge in [0.1, 0.15) is 4.83 Å². The lowest BCUT2D eigenvalue weighted by Crippen LogP contribution is -2.33. The smallest absolute Gasteiger partial charge is 0.262 e. The first-order valence-electron chi connectivity index (χ1n) is 11.4. The minimum absolute atomic E-state index is 0.0945.